The Hall–Kier alpha value is -1.09. The van der Waals surface area contributed by atoms with Crippen molar-refractivity contribution in [2.24, 2.45) is 5.92 Å². The maximum absolute atomic E-state index is 13.0. The number of likely N-dealkylation sites (N-methyl/N-ethyl adjacent to an activating group) is 1. The van der Waals surface area contributed by atoms with E-state index in [1.165, 1.54) is 37.8 Å². The zero-order valence-electron chi connectivity index (χ0n) is 11.2. The fraction of sp³-hybridized carbons (Fsp3) is 0.600. The summed E-state index contributed by atoms with van der Waals surface area (Å²) in [7, 11) is 1.99. The molecule has 1 N–H and O–H groups in total. The second kappa shape index (κ2) is 6.19. The van der Waals surface area contributed by atoms with Gasteiger partial charge in [-0.05, 0) is 56.5 Å². The lowest BCUT2D eigenvalue weighted by Gasteiger charge is -2.23. The number of nitrogens with one attached hydrogen (secondary N) is 1. The highest BCUT2D eigenvalue weighted by Crippen LogP contribution is 2.28. The van der Waals surface area contributed by atoms with E-state index >= 15 is 0 Å². The van der Waals surface area contributed by atoms with Crippen LogP contribution in [0, 0.1) is 18.7 Å². The third-order valence-corrected chi connectivity index (χ3v) is 3.90. The van der Waals surface area contributed by atoms with Gasteiger partial charge in [0.15, 0.2) is 0 Å². The van der Waals surface area contributed by atoms with E-state index in [1.54, 1.807) is 6.07 Å². The van der Waals surface area contributed by atoms with Crippen molar-refractivity contribution in [1.29, 1.82) is 0 Å². The van der Waals surface area contributed by atoms with Crippen molar-refractivity contribution in [1.82, 2.24) is 5.32 Å². The smallest absolute Gasteiger partial charge is 0.123 e. The van der Waals surface area contributed by atoms with Crippen molar-refractivity contribution < 1.29 is 9.13 Å². The summed E-state index contributed by atoms with van der Waals surface area (Å²) >= 11 is 0. The monoisotopic (exact) mass is 251 g/mol. The van der Waals surface area contributed by atoms with Crippen molar-refractivity contribution in [3.8, 4) is 5.75 Å². The molecular formula is C15H22FNO. The molecule has 0 spiro atoms. The van der Waals surface area contributed by atoms with Crippen molar-refractivity contribution in [3.05, 3.63) is 29.6 Å². The van der Waals surface area contributed by atoms with E-state index < -0.39 is 0 Å². The third kappa shape index (κ3) is 3.22. The molecule has 1 aliphatic rings. The first-order chi connectivity index (χ1) is 8.70. The van der Waals surface area contributed by atoms with Crippen molar-refractivity contribution in [3.63, 3.8) is 0 Å². The Kier molecular flexibility index (Phi) is 4.59. The minimum atomic E-state index is -0.208. The molecule has 1 atom stereocenters. The van der Waals surface area contributed by atoms with Crippen LogP contribution in [0.2, 0.25) is 0 Å². The lowest BCUT2D eigenvalue weighted by molar-refractivity contribution is 0.223. The maximum Gasteiger partial charge on any atom is 0.123 e. The highest BCUT2D eigenvalue weighted by Gasteiger charge is 2.24. The second-order valence-corrected chi connectivity index (χ2v) is 5.16. The molecule has 3 heteroatoms. The van der Waals surface area contributed by atoms with Crippen LogP contribution in [0.3, 0.4) is 0 Å². The Bertz CT molecular complexity index is 388. The van der Waals surface area contributed by atoms with E-state index in [2.05, 4.69) is 5.32 Å². The van der Waals surface area contributed by atoms with E-state index in [0.717, 1.165) is 17.2 Å². The van der Waals surface area contributed by atoms with Gasteiger partial charge in [0.2, 0.25) is 0 Å². The quantitative estimate of drug-likeness (QED) is 0.867. The van der Waals surface area contributed by atoms with E-state index in [1.807, 2.05) is 14.0 Å². The first-order valence-electron chi connectivity index (χ1n) is 6.77. The molecular weight excluding hydrogens is 229 g/mol. The van der Waals surface area contributed by atoms with Crippen molar-refractivity contribution in [2.45, 2.75) is 38.6 Å². The maximum atomic E-state index is 13.0. The molecule has 2 rings (SSSR count). The lowest BCUT2D eigenvalue weighted by Crippen LogP contribution is -2.37. The molecule has 1 fully saturated rings. The van der Waals surface area contributed by atoms with Crippen LogP contribution >= 0.6 is 0 Å². The largest absolute Gasteiger partial charge is 0.492 e. The number of rotatable bonds is 5. The van der Waals surface area contributed by atoms with E-state index in [4.69, 9.17) is 4.74 Å². The van der Waals surface area contributed by atoms with Crippen molar-refractivity contribution >= 4 is 0 Å². The Balaban J connectivity index is 1.92. The van der Waals surface area contributed by atoms with E-state index in [-0.39, 0.29) is 5.82 Å². The zero-order chi connectivity index (χ0) is 13.0. The van der Waals surface area contributed by atoms with Crippen LogP contribution in [0.25, 0.3) is 0 Å². The standard InChI is InChI=1S/C15H22FNO/c1-11-9-13(16)7-8-15(11)18-10-14(17-2)12-5-3-4-6-12/h7-9,12,14,17H,3-6,10H2,1-2H3. The summed E-state index contributed by atoms with van der Waals surface area (Å²) in [6.45, 7) is 2.54. The van der Waals surface area contributed by atoms with Crippen molar-refractivity contribution in [2.75, 3.05) is 13.7 Å². The highest BCUT2D eigenvalue weighted by molar-refractivity contribution is 5.32. The first kappa shape index (κ1) is 13.3. The fourth-order valence-electron chi connectivity index (χ4n) is 2.77. The number of ether oxygens (including phenoxy) is 1. The molecule has 1 saturated carbocycles. The van der Waals surface area contributed by atoms with Gasteiger partial charge in [0.1, 0.15) is 18.2 Å². The molecule has 0 radical (unpaired) electrons. The molecule has 1 aromatic carbocycles. The summed E-state index contributed by atoms with van der Waals surface area (Å²) in [5.41, 5.74) is 0.858. The predicted octanol–water partition coefficient (Wildman–Crippen LogP) is 3.29. The Labute approximate surface area is 109 Å². The average Bonchev–Trinajstić information content (AvgIpc) is 2.86. The van der Waals surface area contributed by atoms with Crippen LogP contribution in [0.15, 0.2) is 18.2 Å². The van der Waals surface area contributed by atoms with E-state index in [9.17, 15) is 4.39 Å². The molecule has 0 heterocycles. The summed E-state index contributed by atoms with van der Waals surface area (Å²) in [6, 6.07) is 5.08. The van der Waals surface area contributed by atoms with Gasteiger partial charge >= 0.3 is 0 Å². The molecule has 0 aromatic heterocycles. The Morgan fingerprint density at radius 3 is 2.72 bits per heavy atom. The fourth-order valence-corrected chi connectivity index (χ4v) is 2.77. The van der Waals surface area contributed by atoms with Gasteiger partial charge in [-0.15, -0.1) is 0 Å². The average molecular weight is 251 g/mol. The summed E-state index contributed by atoms with van der Waals surface area (Å²) in [5.74, 6) is 1.30. The third-order valence-electron chi connectivity index (χ3n) is 3.90. The molecule has 0 bridgehead atoms. The van der Waals surface area contributed by atoms with Gasteiger partial charge in [-0.3, -0.25) is 0 Å². The molecule has 1 aromatic rings. The Morgan fingerprint density at radius 2 is 2.11 bits per heavy atom. The van der Waals surface area contributed by atoms with Gasteiger partial charge in [-0.25, -0.2) is 4.39 Å². The molecule has 0 aliphatic heterocycles. The van der Waals surface area contributed by atoms with Gasteiger partial charge in [-0.2, -0.15) is 0 Å². The van der Waals surface area contributed by atoms with Gasteiger partial charge in [0, 0.05) is 6.04 Å². The minimum Gasteiger partial charge on any atom is -0.492 e. The van der Waals surface area contributed by atoms with Gasteiger partial charge in [0.05, 0.1) is 0 Å². The van der Waals surface area contributed by atoms with Gasteiger partial charge < -0.3 is 10.1 Å². The van der Waals surface area contributed by atoms with Crippen LogP contribution in [0.5, 0.6) is 5.75 Å². The highest BCUT2D eigenvalue weighted by atomic mass is 19.1. The van der Waals surface area contributed by atoms with Crippen LogP contribution in [-0.2, 0) is 0 Å². The van der Waals surface area contributed by atoms with Gasteiger partial charge in [-0.1, -0.05) is 12.8 Å². The van der Waals surface area contributed by atoms with E-state index in [0.29, 0.717) is 12.6 Å². The first-order valence-corrected chi connectivity index (χ1v) is 6.77. The SMILES string of the molecule is CNC(COc1ccc(F)cc1C)C1CCCC1. The molecule has 1 unspecified atom stereocenters. The predicted molar refractivity (Wildman–Crippen MR) is 71.4 cm³/mol. The summed E-state index contributed by atoms with van der Waals surface area (Å²) in [6.07, 6.45) is 5.24. The molecule has 1 aliphatic carbocycles. The summed E-state index contributed by atoms with van der Waals surface area (Å²) < 4.78 is 18.8. The Morgan fingerprint density at radius 1 is 1.39 bits per heavy atom. The van der Waals surface area contributed by atoms with Crippen LogP contribution in [0.1, 0.15) is 31.2 Å². The molecule has 100 valence electrons. The number of aryl methyl sites for hydroxylation is 1. The summed E-state index contributed by atoms with van der Waals surface area (Å²) in [5, 5.41) is 3.35. The minimum absolute atomic E-state index is 0.208. The topological polar surface area (TPSA) is 21.3 Å². The molecule has 18 heavy (non-hydrogen) atoms. The molecule has 2 nitrogen and oxygen atoms in total. The van der Waals surface area contributed by atoms with Crippen LogP contribution in [-0.4, -0.2) is 19.7 Å². The van der Waals surface area contributed by atoms with Gasteiger partial charge in [0.25, 0.3) is 0 Å². The number of hydrogen-bond donors (Lipinski definition) is 1. The molecule has 0 amide bonds. The molecule has 0 saturated heterocycles. The van der Waals surface area contributed by atoms with Crippen LogP contribution < -0.4 is 10.1 Å². The number of hydrogen-bond acceptors (Lipinski definition) is 2. The zero-order valence-corrected chi connectivity index (χ0v) is 11.2. The number of benzene rings is 1. The number of halogens is 1. The normalized spacial score (nSPS) is 17.9. The van der Waals surface area contributed by atoms with Crippen LogP contribution in [0.4, 0.5) is 4.39 Å². The second-order valence-electron chi connectivity index (χ2n) is 5.16. The summed E-state index contributed by atoms with van der Waals surface area (Å²) in [4.78, 5) is 0. The lowest BCUT2D eigenvalue weighted by atomic mass is 9.99.